The van der Waals surface area contributed by atoms with Gasteiger partial charge in [-0.2, -0.15) is 0 Å². The fraction of sp³-hybridized carbons (Fsp3) is 0.660. The first-order valence-corrected chi connectivity index (χ1v) is 48.9. The largest absolute Gasteiger partial charge is 0.545 e. The molecule has 0 aromatic carbocycles. The number of aliphatic carboxylic acids is 2. The van der Waals surface area contributed by atoms with Crippen molar-refractivity contribution in [2.75, 3.05) is 288 Å². The van der Waals surface area contributed by atoms with E-state index in [-0.39, 0.29) is 150 Å². The Labute approximate surface area is 881 Å². The normalized spacial score (nSPS) is 10.9. The minimum Gasteiger partial charge on any atom is -0.545 e. The lowest BCUT2D eigenvalue weighted by Crippen LogP contribution is -3.17. The highest BCUT2D eigenvalue weighted by Crippen LogP contribution is 2.08. The maximum Gasteiger partial charge on any atom is 0.330 e. The number of likely N-dealkylation sites (tertiary alicyclic amines) is 2. The summed E-state index contributed by atoms with van der Waals surface area (Å²) in [4.78, 5) is 228. The van der Waals surface area contributed by atoms with E-state index in [1.807, 2.05) is 14.7 Å². The predicted molar refractivity (Wildman–Crippen MR) is 544 cm³/mol. The first-order valence-electron chi connectivity index (χ1n) is 48.9. The molecule has 0 aromatic rings. The van der Waals surface area contributed by atoms with E-state index < -0.39 is 47.8 Å². The number of ether oxygens (including phenoxy) is 18. The Balaban J connectivity index is -0.000000335. The average Bonchev–Trinajstić information content (AvgIpc) is 0.917. The van der Waals surface area contributed by atoms with Gasteiger partial charge in [-0.15, -0.1) is 0 Å². The van der Waals surface area contributed by atoms with Crippen LogP contribution in [0.2, 0.25) is 0 Å². The summed E-state index contributed by atoms with van der Waals surface area (Å²) in [6.07, 6.45) is 18.3. The Morgan fingerprint density at radius 2 is 0.467 bits per heavy atom. The molecule has 0 spiro atoms. The van der Waals surface area contributed by atoms with E-state index >= 15 is 0 Å². The lowest BCUT2D eigenvalue weighted by molar-refractivity contribution is -0.938. The molecular weight excluding hydrogens is 1980 g/mol. The first-order chi connectivity index (χ1) is 71.9. The number of hydrogen-bond donors (Lipinski definition) is 7. The fourth-order valence-electron chi connectivity index (χ4n) is 10.7. The number of hydrogen-bond acceptors (Lipinski definition) is 48. The molecule has 2 saturated heterocycles. The smallest absolute Gasteiger partial charge is 0.330 e. The van der Waals surface area contributed by atoms with E-state index in [2.05, 4.69) is 120 Å². The molecule has 0 bridgehead atoms. The number of quaternary nitrogens is 1. The zero-order valence-electron chi connectivity index (χ0n) is 89.7. The molecular formula is C100H170N10O40. The van der Waals surface area contributed by atoms with Gasteiger partial charge < -0.3 is 151 Å². The van der Waals surface area contributed by atoms with Crippen molar-refractivity contribution < 1.29 is 196 Å². The minimum absolute atomic E-state index is 0.0839. The SMILES string of the molecule is C=CC(=O)O.C=CC(=O)OCCCN(CCC(=O)OC)CCC(=O)OCCCN(CCC(=O)OC)CCC(=O)OCCCNCCC(=O)OC.C=CC(=O)OCCCN(CCC(=O)OC)CCC(=O)OCCCNCCC(=O)OC.C=CC(=O)OCCCNCCC(=O)OC.C=CC(=O)OCCCNCCC(=O)OC.C=CC(=O)OCCCNCCC(=O)OC.C=CC(=O)[O-].COC(=O)CCN1CCC1.COC(=O)CC[NH+]1CCC1. The van der Waals surface area contributed by atoms with Crippen molar-refractivity contribution in [2.45, 2.75) is 148 Å². The highest BCUT2D eigenvalue weighted by atomic mass is 16.6. The molecule has 0 unspecified atom stereocenters. The summed E-state index contributed by atoms with van der Waals surface area (Å²) in [5, 5.41) is 31.9. The lowest BCUT2D eigenvalue weighted by Gasteiger charge is -2.29. The second-order valence-corrected chi connectivity index (χ2v) is 30.7. The third kappa shape index (κ3) is 117. The predicted octanol–water partition coefficient (Wildman–Crippen LogP) is 0.130. The number of esters is 18. The molecule has 0 aromatic heterocycles. The van der Waals surface area contributed by atoms with Crippen molar-refractivity contribution in [3.8, 4) is 0 Å². The highest BCUT2D eigenvalue weighted by Gasteiger charge is 2.21. The van der Waals surface area contributed by atoms with Crippen molar-refractivity contribution >= 4 is 119 Å². The molecule has 0 atom stereocenters. The molecule has 2 aliphatic rings. The van der Waals surface area contributed by atoms with Gasteiger partial charge in [-0.1, -0.05) is 46.1 Å². The van der Waals surface area contributed by atoms with E-state index in [1.54, 1.807) is 0 Å². The quantitative estimate of drug-likeness (QED) is 0.0184. The van der Waals surface area contributed by atoms with E-state index in [0.29, 0.717) is 234 Å². The van der Waals surface area contributed by atoms with Crippen LogP contribution in [0.1, 0.15) is 148 Å². The van der Waals surface area contributed by atoms with Crippen molar-refractivity contribution in [1.29, 1.82) is 0 Å². The van der Waals surface area contributed by atoms with Crippen LogP contribution in [-0.2, 0) is 181 Å². The van der Waals surface area contributed by atoms with Crippen molar-refractivity contribution in [2.24, 2.45) is 0 Å². The summed E-state index contributed by atoms with van der Waals surface area (Å²) in [6.45, 7) is 41.0. The molecule has 2 heterocycles. The number of carboxylic acids is 2. The van der Waals surface area contributed by atoms with Gasteiger partial charge >= 0.3 is 113 Å². The van der Waals surface area contributed by atoms with Crippen LogP contribution in [0, 0.1) is 0 Å². The summed E-state index contributed by atoms with van der Waals surface area (Å²) in [5.41, 5.74) is 0. The van der Waals surface area contributed by atoms with Crippen LogP contribution in [-0.4, -0.2) is 432 Å². The van der Waals surface area contributed by atoms with Gasteiger partial charge in [-0.05, 0) is 110 Å². The Morgan fingerprint density at radius 3 is 0.660 bits per heavy atom. The number of carbonyl (C=O) groups is 20. The van der Waals surface area contributed by atoms with Gasteiger partial charge in [0.25, 0.3) is 0 Å². The van der Waals surface area contributed by atoms with Gasteiger partial charge in [0.1, 0.15) is 0 Å². The topological polar surface area (TPSA) is 628 Å². The molecule has 150 heavy (non-hydrogen) atoms. The maximum absolute atomic E-state index is 12.4. The molecule has 860 valence electrons. The van der Waals surface area contributed by atoms with E-state index in [9.17, 15) is 91.1 Å². The molecule has 50 heteroatoms. The van der Waals surface area contributed by atoms with Crippen LogP contribution in [0.4, 0.5) is 0 Å². The molecule has 0 aliphatic carbocycles. The zero-order valence-corrected chi connectivity index (χ0v) is 89.7. The first kappa shape index (κ1) is 150. The molecule has 50 nitrogen and oxygen atoms in total. The van der Waals surface area contributed by atoms with Crippen LogP contribution in [0.5, 0.6) is 0 Å². The molecule has 2 aliphatic heterocycles. The number of nitrogens with zero attached hydrogens (tertiary/aromatic N) is 4. The number of carboxylic acid groups (broad SMARTS) is 2. The van der Waals surface area contributed by atoms with Crippen LogP contribution < -0.4 is 36.6 Å². The van der Waals surface area contributed by atoms with E-state index in [0.717, 1.165) is 68.7 Å². The third-order valence-electron chi connectivity index (χ3n) is 19.5. The summed E-state index contributed by atoms with van der Waals surface area (Å²) < 4.78 is 85.5. The summed E-state index contributed by atoms with van der Waals surface area (Å²) in [5.74, 6) is -8.08. The Kier molecular flexibility index (Phi) is 113. The van der Waals surface area contributed by atoms with Crippen molar-refractivity contribution in [1.82, 2.24) is 46.2 Å². The second-order valence-electron chi connectivity index (χ2n) is 30.7. The average molecular weight is 2150 g/mol. The fourth-order valence-corrected chi connectivity index (χ4v) is 10.7. The van der Waals surface area contributed by atoms with E-state index in [1.165, 1.54) is 102 Å². The molecule has 0 amide bonds. The Hall–Kier alpha value is -12.8. The Bertz CT molecular complexity index is 3620. The van der Waals surface area contributed by atoms with Gasteiger partial charge in [-0.3, -0.25) is 62.3 Å². The molecule has 2 fully saturated rings. The van der Waals surface area contributed by atoms with Gasteiger partial charge in [-0.25, -0.2) is 28.8 Å². The van der Waals surface area contributed by atoms with Gasteiger partial charge in [0, 0.05) is 141 Å². The summed E-state index contributed by atoms with van der Waals surface area (Å²) >= 11 is 0. The standard InChI is InChI=1S/C30H51N3O12.C20H34N2O8.3C10H17NO4.2C7H13NO2.2C3H4O2/c1-5-25(34)43-23-7-16-32(18-10-27(36)41-3)21-13-30(39)45-24-8-17-33(19-11-28(37)42-4)20-12-29(38)44-22-6-14-31-15-9-26(35)40-2;1-4-17(23)29-16-6-12-22(13-8-19(25)28-3)14-9-20(26)30-15-5-10-21-11-7-18(24)27-2;3*1-3-9(12)15-8-4-6-11-7-5-10(13)14-2;2*1-10-7(9)3-6-8-4-2-5-8;2*1-2-3(4)5/h5,31H,1,6-24H2,2-4H3;4,21H,1,5-16H2,2-3H3;3*3,11H,1,4-8H2,2H3;2*2-6H2,1H3;2*2H,1H2,(H,4,5). The van der Waals surface area contributed by atoms with Crippen LogP contribution in [0.25, 0.3) is 0 Å². The summed E-state index contributed by atoms with van der Waals surface area (Å²) in [6, 6.07) is 0. The monoisotopic (exact) mass is 2150 g/mol. The maximum atomic E-state index is 12.4. The number of carbonyl (C=O) groups excluding carboxylic acids is 19. The highest BCUT2D eigenvalue weighted by molar-refractivity contribution is 5.83. The molecule has 7 N–H and O–H groups in total. The van der Waals surface area contributed by atoms with Crippen LogP contribution >= 0.6 is 0 Å². The Morgan fingerprint density at radius 1 is 0.267 bits per heavy atom. The van der Waals surface area contributed by atoms with E-state index in [4.69, 9.17) is 57.6 Å². The van der Waals surface area contributed by atoms with Crippen molar-refractivity contribution in [3.05, 3.63) is 88.6 Å². The van der Waals surface area contributed by atoms with Gasteiger partial charge in [0.05, 0.1) is 233 Å². The molecule has 2 rings (SSSR count). The van der Waals surface area contributed by atoms with Crippen LogP contribution in [0.15, 0.2) is 88.6 Å². The zero-order chi connectivity index (χ0) is 114. The lowest BCUT2D eigenvalue weighted by atomic mass is 10.2. The van der Waals surface area contributed by atoms with Crippen LogP contribution in [0.3, 0.4) is 0 Å². The third-order valence-corrected chi connectivity index (χ3v) is 19.5. The van der Waals surface area contributed by atoms with Gasteiger partial charge in [0.2, 0.25) is 0 Å². The summed E-state index contributed by atoms with van der Waals surface area (Å²) in [7, 11) is 13.6. The molecule has 0 saturated carbocycles. The number of methoxy groups -OCH3 is 10. The van der Waals surface area contributed by atoms with Gasteiger partial charge in [0.15, 0.2) is 0 Å². The number of rotatable bonds is 78. The minimum atomic E-state index is -1.23. The second kappa shape index (κ2) is 113. The van der Waals surface area contributed by atoms with Crippen molar-refractivity contribution in [3.63, 3.8) is 0 Å². The molecule has 0 radical (unpaired) electrons. The number of nitrogens with one attached hydrogen (secondary N) is 6.